The minimum Gasteiger partial charge on any atom is -0.320 e. The van der Waals surface area contributed by atoms with Gasteiger partial charge in [0.05, 0.1) is 0 Å². The third kappa shape index (κ3) is 5.05. The molecule has 0 aliphatic carbocycles. The average Bonchev–Trinajstić information content (AvgIpc) is 2.30. The van der Waals surface area contributed by atoms with Crippen molar-refractivity contribution in [2.45, 2.75) is 39.0 Å². The first kappa shape index (κ1) is 14.5. The van der Waals surface area contributed by atoms with Gasteiger partial charge >= 0.3 is 0 Å². The Morgan fingerprint density at radius 2 is 1.88 bits per heavy atom. The summed E-state index contributed by atoms with van der Waals surface area (Å²) in [4.78, 5) is 0. The summed E-state index contributed by atoms with van der Waals surface area (Å²) in [6, 6.07) is 3.29. The van der Waals surface area contributed by atoms with Crippen LogP contribution in [0.3, 0.4) is 0 Å². The van der Waals surface area contributed by atoms with Gasteiger partial charge in [-0.3, -0.25) is 0 Å². The van der Waals surface area contributed by atoms with Gasteiger partial charge in [0.15, 0.2) is 0 Å². The van der Waals surface area contributed by atoms with E-state index >= 15 is 0 Å². The van der Waals surface area contributed by atoms with Crippen molar-refractivity contribution in [1.82, 2.24) is 5.32 Å². The molecule has 0 bridgehead atoms. The van der Waals surface area contributed by atoms with E-state index in [4.69, 9.17) is 11.6 Å². The monoisotopic (exact) mass is 257 g/mol. The lowest BCUT2D eigenvalue weighted by molar-refractivity contribution is 0.609. The minimum atomic E-state index is -0.215. The summed E-state index contributed by atoms with van der Waals surface area (Å²) < 4.78 is 13.2. The average molecular weight is 258 g/mol. The van der Waals surface area contributed by atoms with E-state index in [0.717, 1.165) is 24.9 Å². The van der Waals surface area contributed by atoms with E-state index in [0.29, 0.717) is 10.6 Å². The van der Waals surface area contributed by atoms with Crippen molar-refractivity contribution in [1.29, 1.82) is 0 Å². The molecule has 0 aliphatic heterocycles. The number of aryl methyl sites for hydroxylation is 2. The molecule has 17 heavy (non-hydrogen) atoms. The third-order valence-electron chi connectivity index (χ3n) is 2.95. The first-order valence-corrected chi connectivity index (χ1v) is 6.62. The summed E-state index contributed by atoms with van der Waals surface area (Å²) in [5, 5.41) is 3.69. The summed E-state index contributed by atoms with van der Waals surface area (Å²) in [5.74, 6) is -0.215. The lowest BCUT2D eigenvalue weighted by Crippen LogP contribution is -2.06. The smallest absolute Gasteiger partial charge is 0.127 e. The predicted molar refractivity (Wildman–Crippen MR) is 72.2 cm³/mol. The Balaban J connectivity index is 2.34. The number of unbranched alkanes of at least 4 members (excludes halogenated alkanes) is 3. The highest BCUT2D eigenvalue weighted by atomic mass is 35.5. The van der Waals surface area contributed by atoms with Crippen LogP contribution in [0.1, 0.15) is 36.8 Å². The van der Waals surface area contributed by atoms with Gasteiger partial charge in [-0.2, -0.15) is 0 Å². The Bertz CT molecular complexity index is 352. The molecule has 1 aromatic rings. The zero-order valence-electron chi connectivity index (χ0n) is 10.7. The summed E-state index contributed by atoms with van der Waals surface area (Å²) in [7, 11) is 1.97. The zero-order valence-corrected chi connectivity index (χ0v) is 11.4. The van der Waals surface area contributed by atoms with Gasteiger partial charge < -0.3 is 5.32 Å². The minimum absolute atomic E-state index is 0.215. The highest BCUT2D eigenvalue weighted by Crippen LogP contribution is 2.22. The molecule has 0 fully saturated rings. The van der Waals surface area contributed by atoms with Crippen LogP contribution in [0.15, 0.2) is 12.1 Å². The van der Waals surface area contributed by atoms with Crippen LogP contribution in [0.5, 0.6) is 0 Å². The summed E-state index contributed by atoms with van der Waals surface area (Å²) in [5.41, 5.74) is 1.75. The maximum atomic E-state index is 13.2. The maximum Gasteiger partial charge on any atom is 0.127 e. The summed E-state index contributed by atoms with van der Waals surface area (Å²) in [6.45, 7) is 2.86. The van der Waals surface area contributed by atoms with Crippen molar-refractivity contribution >= 4 is 11.6 Å². The topological polar surface area (TPSA) is 12.0 Å². The molecule has 0 saturated carbocycles. The Morgan fingerprint density at radius 3 is 2.59 bits per heavy atom. The molecule has 0 aromatic heterocycles. The van der Waals surface area contributed by atoms with Gasteiger partial charge in [0.25, 0.3) is 0 Å². The molecule has 0 spiro atoms. The third-order valence-corrected chi connectivity index (χ3v) is 3.30. The molecule has 1 rings (SSSR count). The lowest BCUT2D eigenvalue weighted by atomic mass is 10.0. The van der Waals surface area contributed by atoms with Gasteiger partial charge in [0.1, 0.15) is 5.82 Å². The standard InChI is InChI=1S/C14H21ClFN/c1-11-9-12(13(15)10-14(11)16)7-5-3-4-6-8-17-2/h9-10,17H,3-8H2,1-2H3. The Morgan fingerprint density at radius 1 is 1.18 bits per heavy atom. The number of benzene rings is 1. The van der Waals surface area contributed by atoms with Gasteiger partial charge in [0.2, 0.25) is 0 Å². The molecule has 96 valence electrons. The predicted octanol–water partition coefficient (Wildman–Crippen LogP) is 4.11. The molecule has 0 amide bonds. The van der Waals surface area contributed by atoms with Crippen molar-refractivity contribution < 1.29 is 4.39 Å². The van der Waals surface area contributed by atoms with Crippen LogP contribution in [-0.4, -0.2) is 13.6 Å². The van der Waals surface area contributed by atoms with E-state index in [1.807, 2.05) is 13.1 Å². The molecule has 0 unspecified atom stereocenters. The van der Waals surface area contributed by atoms with Crippen molar-refractivity contribution in [2.75, 3.05) is 13.6 Å². The van der Waals surface area contributed by atoms with E-state index in [-0.39, 0.29) is 5.82 Å². The van der Waals surface area contributed by atoms with Crippen molar-refractivity contribution in [3.05, 3.63) is 34.1 Å². The van der Waals surface area contributed by atoms with Crippen LogP contribution < -0.4 is 5.32 Å². The molecule has 0 atom stereocenters. The Labute approximate surface area is 108 Å². The highest BCUT2D eigenvalue weighted by molar-refractivity contribution is 6.31. The SMILES string of the molecule is CNCCCCCCc1cc(C)c(F)cc1Cl. The van der Waals surface area contributed by atoms with Gasteiger partial charge in [0, 0.05) is 5.02 Å². The summed E-state index contributed by atoms with van der Waals surface area (Å²) >= 11 is 6.01. The Hall–Kier alpha value is -0.600. The second-order valence-corrected chi connectivity index (χ2v) is 4.87. The highest BCUT2D eigenvalue weighted by Gasteiger charge is 2.05. The fraction of sp³-hybridized carbons (Fsp3) is 0.571. The molecular formula is C14H21ClFN. The molecule has 1 nitrogen and oxygen atoms in total. The molecule has 3 heteroatoms. The van der Waals surface area contributed by atoms with E-state index < -0.39 is 0 Å². The molecule has 0 heterocycles. The largest absolute Gasteiger partial charge is 0.320 e. The van der Waals surface area contributed by atoms with E-state index in [1.165, 1.54) is 25.3 Å². The summed E-state index contributed by atoms with van der Waals surface area (Å²) in [6.07, 6.45) is 5.72. The van der Waals surface area contributed by atoms with Crippen molar-refractivity contribution in [3.8, 4) is 0 Å². The van der Waals surface area contributed by atoms with E-state index in [1.54, 1.807) is 6.92 Å². The van der Waals surface area contributed by atoms with Crippen LogP contribution in [-0.2, 0) is 6.42 Å². The van der Waals surface area contributed by atoms with Crippen molar-refractivity contribution in [2.24, 2.45) is 0 Å². The number of rotatable bonds is 7. The van der Waals surface area contributed by atoms with E-state index in [2.05, 4.69) is 5.32 Å². The fourth-order valence-electron chi connectivity index (χ4n) is 1.88. The van der Waals surface area contributed by atoms with Crippen LogP contribution in [0.25, 0.3) is 0 Å². The van der Waals surface area contributed by atoms with Gasteiger partial charge in [-0.15, -0.1) is 0 Å². The number of hydrogen-bond donors (Lipinski definition) is 1. The lowest BCUT2D eigenvalue weighted by Gasteiger charge is -2.07. The van der Waals surface area contributed by atoms with Gasteiger partial charge in [-0.05, 0) is 57.0 Å². The molecule has 0 aliphatic rings. The maximum absolute atomic E-state index is 13.2. The first-order chi connectivity index (χ1) is 8.15. The number of hydrogen-bond acceptors (Lipinski definition) is 1. The molecule has 0 saturated heterocycles. The van der Waals surface area contributed by atoms with Crippen LogP contribution in [0.2, 0.25) is 5.02 Å². The fourth-order valence-corrected chi connectivity index (χ4v) is 2.12. The molecule has 0 radical (unpaired) electrons. The van der Waals surface area contributed by atoms with Crippen LogP contribution in [0, 0.1) is 12.7 Å². The number of halogens is 2. The van der Waals surface area contributed by atoms with Gasteiger partial charge in [-0.25, -0.2) is 4.39 Å². The second kappa shape index (κ2) is 7.67. The van der Waals surface area contributed by atoms with E-state index in [9.17, 15) is 4.39 Å². The zero-order chi connectivity index (χ0) is 12.7. The number of nitrogens with one attached hydrogen (secondary N) is 1. The quantitative estimate of drug-likeness (QED) is 0.725. The van der Waals surface area contributed by atoms with Crippen molar-refractivity contribution in [3.63, 3.8) is 0 Å². The second-order valence-electron chi connectivity index (χ2n) is 4.46. The first-order valence-electron chi connectivity index (χ1n) is 6.24. The molecular weight excluding hydrogens is 237 g/mol. The van der Waals surface area contributed by atoms with Crippen LogP contribution in [0.4, 0.5) is 4.39 Å². The van der Waals surface area contributed by atoms with Crippen LogP contribution >= 0.6 is 11.6 Å². The Kier molecular flexibility index (Phi) is 6.53. The van der Waals surface area contributed by atoms with Gasteiger partial charge in [-0.1, -0.05) is 30.5 Å². The normalized spacial score (nSPS) is 10.8. The molecule has 1 aromatic carbocycles. The molecule has 1 N–H and O–H groups in total.